The highest BCUT2D eigenvalue weighted by Gasteiger charge is 2.33. The highest BCUT2D eigenvalue weighted by atomic mass is 32.2. The Bertz CT molecular complexity index is 963. The summed E-state index contributed by atoms with van der Waals surface area (Å²) in [6.45, 7) is 3.80. The number of sulfone groups is 1. The van der Waals surface area contributed by atoms with Gasteiger partial charge in [-0.3, -0.25) is 4.90 Å². The lowest BCUT2D eigenvalue weighted by Gasteiger charge is -2.35. The molecule has 0 N–H and O–H groups in total. The van der Waals surface area contributed by atoms with Crippen molar-refractivity contribution in [2.75, 3.05) is 42.6 Å². The summed E-state index contributed by atoms with van der Waals surface area (Å²) in [4.78, 5) is 4.70. The molecule has 0 radical (unpaired) electrons. The lowest BCUT2D eigenvalue weighted by Crippen LogP contribution is -2.47. The van der Waals surface area contributed by atoms with Gasteiger partial charge >= 0.3 is 0 Å². The van der Waals surface area contributed by atoms with Crippen LogP contribution in [0.5, 0.6) is 0 Å². The van der Waals surface area contributed by atoms with E-state index in [9.17, 15) is 12.8 Å². The third-order valence-electron chi connectivity index (χ3n) is 5.10. The number of aromatic nitrogens is 2. The molecule has 2 aliphatic rings. The summed E-state index contributed by atoms with van der Waals surface area (Å²) in [5.41, 5.74) is 1.01. The van der Waals surface area contributed by atoms with Crippen molar-refractivity contribution in [3.05, 3.63) is 40.8 Å². The van der Waals surface area contributed by atoms with Crippen LogP contribution in [-0.4, -0.2) is 60.8 Å². The van der Waals surface area contributed by atoms with Gasteiger partial charge in [0.2, 0.25) is 5.89 Å². The van der Waals surface area contributed by atoms with Gasteiger partial charge in [0.15, 0.2) is 9.84 Å². The molecule has 27 heavy (non-hydrogen) atoms. The van der Waals surface area contributed by atoms with Crippen LogP contribution in [0.2, 0.25) is 0 Å². The quantitative estimate of drug-likeness (QED) is 0.712. The van der Waals surface area contributed by atoms with E-state index in [2.05, 4.69) is 14.9 Å². The van der Waals surface area contributed by atoms with Crippen molar-refractivity contribution >= 4 is 27.7 Å². The minimum Gasteiger partial charge on any atom is -0.414 e. The number of benzene rings is 1. The van der Waals surface area contributed by atoms with E-state index in [1.807, 2.05) is 0 Å². The van der Waals surface area contributed by atoms with Crippen LogP contribution >= 0.6 is 12.2 Å². The summed E-state index contributed by atoms with van der Waals surface area (Å²) in [6.07, 6.45) is 0.536. The number of rotatable bonds is 4. The monoisotopic (exact) mass is 412 g/mol. The lowest BCUT2D eigenvalue weighted by molar-refractivity contribution is 0.192. The molecular formula is C17H21FN4O3S2. The molecule has 10 heteroatoms. The van der Waals surface area contributed by atoms with Crippen LogP contribution < -0.4 is 4.90 Å². The largest absolute Gasteiger partial charge is 0.414 e. The number of hydrogen-bond donors (Lipinski definition) is 0. The Morgan fingerprint density at radius 1 is 1.19 bits per heavy atom. The summed E-state index contributed by atoms with van der Waals surface area (Å²) >= 11 is 5.26. The van der Waals surface area contributed by atoms with Gasteiger partial charge in [0.05, 0.1) is 24.1 Å². The van der Waals surface area contributed by atoms with E-state index < -0.39 is 9.84 Å². The van der Waals surface area contributed by atoms with Crippen LogP contribution in [-0.2, 0) is 16.5 Å². The smallest absolute Gasteiger partial charge is 0.288 e. The molecule has 2 saturated heterocycles. The fraction of sp³-hybridized carbons (Fsp3) is 0.529. The first-order valence-corrected chi connectivity index (χ1v) is 11.1. The molecule has 1 aromatic carbocycles. The number of nitrogens with zero attached hydrogens (tertiary/aromatic N) is 4. The SMILES string of the molecule is O=S1(=O)CC[C@H](c2nn(CN3CCN(c4ccc(F)cc4)CC3)c(=S)o2)C1. The van der Waals surface area contributed by atoms with Gasteiger partial charge in [0.1, 0.15) is 5.82 Å². The Hall–Kier alpha value is -1.78. The maximum atomic E-state index is 13.1. The average molecular weight is 413 g/mol. The van der Waals surface area contributed by atoms with Gasteiger partial charge in [-0.2, -0.15) is 0 Å². The molecule has 1 atom stereocenters. The summed E-state index contributed by atoms with van der Waals surface area (Å²) in [5.74, 6) is 0.250. The molecule has 0 unspecified atom stereocenters. The third kappa shape index (κ3) is 4.22. The van der Waals surface area contributed by atoms with Crippen molar-refractivity contribution in [3.8, 4) is 0 Å². The van der Waals surface area contributed by atoms with Gasteiger partial charge in [-0.25, -0.2) is 17.5 Å². The Morgan fingerprint density at radius 3 is 2.52 bits per heavy atom. The van der Waals surface area contributed by atoms with E-state index in [1.54, 1.807) is 16.8 Å². The zero-order valence-corrected chi connectivity index (χ0v) is 16.4. The molecule has 0 amide bonds. The van der Waals surface area contributed by atoms with Gasteiger partial charge in [0.25, 0.3) is 4.84 Å². The molecule has 2 aromatic rings. The number of piperazine rings is 1. The Labute approximate surface area is 162 Å². The molecule has 0 spiro atoms. The van der Waals surface area contributed by atoms with E-state index in [0.29, 0.717) is 19.0 Å². The molecule has 146 valence electrons. The van der Waals surface area contributed by atoms with Crippen molar-refractivity contribution in [3.63, 3.8) is 0 Å². The fourth-order valence-corrected chi connectivity index (χ4v) is 5.47. The topological polar surface area (TPSA) is 71.6 Å². The standard InChI is InChI=1S/C17H21FN4O3S2/c18-14-1-3-15(4-2-14)21-8-6-20(7-9-21)12-22-17(26)25-16(19-22)13-5-10-27(23,24)11-13/h1-4,13H,5-12H2/t13-/m0/s1. The van der Waals surface area contributed by atoms with Gasteiger partial charge < -0.3 is 9.32 Å². The normalized spacial score (nSPS) is 23.0. The van der Waals surface area contributed by atoms with Crippen LogP contribution in [0, 0.1) is 10.7 Å². The second-order valence-corrected chi connectivity index (χ2v) is 9.61. The van der Waals surface area contributed by atoms with E-state index in [4.69, 9.17) is 16.6 Å². The maximum absolute atomic E-state index is 13.1. The molecule has 2 fully saturated rings. The second-order valence-electron chi connectivity index (χ2n) is 7.03. The Balaban J connectivity index is 1.37. The average Bonchev–Trinajstić information content (AvgIpc) is 3.19. The molecule has 3 heterocycles. The highest BCUT2D eigenvalue weighted by Crippen LogP contribution is 2.28. The summed E-state index contributed by atoms with van der Waals surface area (Å²) in [6, 6.07) is 6.53. The Morgan fingerprint density at radius 2 is 1.89 bits per heavy atom. The highest BCUT2D eigenvalue weighted by molar-refractivity contribution is 7.91. The van der Waals surface area contributed by atoms with Crippen molar-refractivity contribution in [1.29, 1.82) is 0 Å². The summed E-state index contributed by atoms with van der Waals surface area (Å²) in [5, 5.41) is 4.42. The molecule has 1 aromatic heterocycles. The van der Waals surface area contributed by atoms with Crippen molar-refractivity contribution < 1.29 is 17.2 Å². The Kier molecular flexibility index (Phi) is 5.04. The molecule has 2 aliphatic heterocycles. The zero-order valence-electron chi connectivity index (χ0n) is 14.8. The first kappa shape index (κ1) is 18.6. The lowest BCUT2D eigenvalue weighted by atomic mass is 10.1. The molecule has 7 nitrogen and oxygen atoms in total. The molecule has 0 saturated carbocycles. The van der Waals surface area contributed by atoms with Crippen LogP contribution in [0.25, 0.3) is 0 Å². The predicted octanol–water partition coefficient (Wildman–Crippen LogP) is 2.03. The summed E-state index contributed by atoms with van der Waals surface area (Å²) < 4.78 is 43.6. The van der Waals surface area contributed by atoms with Crippen LogP contribution in [0.4, 0.5) is 10.1 Å². The van der Waals surface area contributed by atoms with Crippen LogP contribution in [0.1, 0.15) is 18.2 Å². The first-order valence-electron chi connectivity index (χ1n) is 8.91. The van der Waals surface area contributed by atoms with Gasteiger partial charge in [-0.1, -0.05) is 0 Å². The van der Waals surface area contributed by atoms with Crippen molar-refractivity contribution in [2.45, 2.75) is 19.0 Å². The molecule has 4 rings (SSSR count). The van der Waals surface area contributed by atoms with Gasteiger partial charge in [0, 0.05) is 31.9 Å². The van der Waals surface area contributed by atoms with E-state index in [1.165, 1.54) is 12.1 Å². The van der Waals surface area contributed by atoms with Gasteiger partial charge in [-0.05, 0) is 42.9 Å². The zero-order chi connectivity index (χ0) is 19.0. The molecular weight excluding hydrogens is 391 g/mol. The predicted molar refractivity (Wildman–Crippen MR) is 102 cm³/mol. The van der Waals surface area contributed by atoms with E-state index in [0.717, 1.165) is 31.9 Å². The number of hydrogen-bond acceptors (Lipinski definition) is 7. The molecule has 0 bridgehead atoms. The van der Waals surface area contributed by atoms with Crippen molar-refractivity contribution in [2.24, 2.45) is 0 Å². The van der Waals surface area contributed by atoms with Gasteiger partial charge in [-0.15, -0.1) is 5.10 Å². The van der Waals surface area contributed by atoms with Crippen LogP contribution in [0.3, 0.4) is 0 Å². The van der Waals surface area contributed by atoms with E-state index >= 15 is 0 Å². The van der Waals surface area contributed by atoms with Crippen molar-refractivity contribution in [1.82, 2.24) is 14.7 Å². The van der Waals surface area contributed by atoms with Crippen LogP contribution in [0.15, 0.2) is 28.7 Å². The summed E-state index contributed by atoms with van der Waals surface area (Å²) in [7, 11) is -2.99. The minimum atomic E-state index is -2.99. The van der Waals surface area contributed by atoms with E-state index in [-0.39, 0.29) is 28.1 Å². The maximum Gasteiger partial charge on any atom is 0.288 e. The second kappa shape index (κ2) is 7.33. The molecule has 0 aliphatic carbocycles. The number of halogens is 1. The third-order valence-corrected chi connectivity index (χ3v) is 7.16. The first-order chi connectivity index (χ1) is 12.9. The fourth-order valence-electron chi connectivity index (χ4n) is 3.56. The number of anilines is 1. The minimum absolute atomic E-state index is 0.0820.